The maximum absolute atomic E-state index is 12.4. The maximum Gasteiger partial charge on any atom is 0.223 e. The molecule has 29 heavy (non-hydrogen) atoms. The Kier molecular flexibility index (Phi) is 5.67. The molecule has 1 fully saturated rings. The Morgan fingerprint density at radius 3 is 2.48 bits per heavy atom. The molecule has 150 valence electrons. The van der Waals surface area contributed by atoms with Crippen LogP contribution in [0.1, 0.15) is 17.7 Å². The van der Waals surface area contributed by atoms with Crippen LogP contribution >= 0.6 is 0 Å². The molecule has 1 aliphatic heterocycles. The van der Waals surface area contributed by atoms with Gasteiger partial charge in [0.2, 0.25) is 5.43 Å². The standard InChI is InChI=1S/C24H26N2O3/c1-18-24(28-17-19-6-4-3-5-7-19)23(27)13-15-26(18)20-8-10-21(11-9-20)29-22-12-14-25(2)16-22/h3-11,13,15,22H,12,14,16-17H2,1-2H3. The van der Waals surface area contributed by atoms with Crippen molar-refractivity contribution in [2.45, 2.75) is 26.1 Å². The van der Waals surface area contributed by atoms with Gasteiger partial charge in [-0.1, -0.05) is 30.3 Å². The third-order valence-electron chi connectivity index (χ3n) is 5.28. The van der Waals surface area contributed by atoms with Crippen molar-refractivity contribution in [2.24, 2.45) is 0 Å². The van der Waals surface area contributed by atoms with Crippen molar-refractivity contribution >= 4 is 0 Å². The third kappa shape index (κ3) is 4.51. The first kappa shape index (κ1) is 19.3. The molecule has 2 heterocycles. The van der Waals surface area contributed by atoms with Crippen molar-refractivity contribution in [3.63, 3.8) is 0 Å². The highest BCUT2D eigenvalue weighted by Crippen LogP contribution is 2.22. The largest absolute Gasteiger partial charge is 0.489 e. The summed E-state index contributed by atoms with van der Waals surface area (Å²) in [5.74, 6) is 1.25. The molecule has 5 heteroatoms. The molecule has 1 atom stereocenters. The first-order valence-corrected chi connectivity index (χ1v) is 9.95. The van der Waals surface area contributed by atoms with Crippen LogP contribution in [0.25, 0.3) is 5.69 Å². The summed E-state index contributed by atoms with van der Waals surface area (Å²) < 4.78 is 13.9. The second-order valence-electron chi connectivity index (χ2n) is 7.52. The highest BCUT2D eigenvalue weighted by Gasteiger charge is 2.20. The van der Waals surface area contributed by atoms with Crippen molar-refractivity contribution in [1.29, 1.82) is 0 Å². The number of nitrogens with zero attached hydrogens (tertiary/aromatic N) is 2. The van der Waals surface area contributed by atoms with Gasteiger partial charge in [-0.2, -0.15) is 0 Å². The van der Waals surface area contributed by atoms with E-state index in [0.717, 1.165) is 42.2 Å². The molecule has 0 bridgehead atoms. The van der Waals surface area contributed by atoms with Crippen LogP contribution in [-0.4, -0.2) is 35.7 Å². The number of aromatic nitrogens is 1. The fourth-order valence-corrected chi connectivity index (χ4v) is 3.67. The number of benzene rings is 2. The van der Waals surface area contributed by atoms with Gasteiger partial charge in [0.1, 0.15) is 18.5 Å². The average molecular weight is 390 g/mol. The Hall–Kier alpha value is -3.05. The van der Waals surface area contributed by atoms with Crippen LogP contribution in [0.3, 0.4) is 0 Å². The number of rotatable bonds is 6. The molecule has 0 amide bonds. The molecule has 1 aliphatic rings. The minimum absolute atomic E-state index is 0.111. The van der Waals surface area contributed by atoms with Crippen molar-refractivity contribution in [3.05, 3.63) is 88.3 Å². The van der Waals surface area contributed by atoms with Gasteiger partial charge in [0.05, 0.1) is 5.69 Å². The van der Waals surface area contributed by atoms with Crippen LogP contribution in [0.15, 0.2) is 71.7 Å². The molecule has 5 nitrogen and oxygen atoms in total. The predicted octanol–water partition coefficient (Wildman–Crippen LogP) is 3.81. The van der Waals surface area contributed by atoms with E-state index in [4.69, 9.17) is 9.47 Å². The summed E-state index contributed by atoms with van der Waals surface area (Å²) >= 11 is 0. The Morgan fingerprint density at radius 1 is 1.03 bits per heavy atom. The molecule has 4 rings (SSSR count). The quantitative estimate of drug-likeness (QED) is 0.642. The number of hydrogen-bond donors (Lipinski definition) is 0. The average Bonchev–Trinajstić information content (AvgIpc) is 3.14. The smallest absolute Gasteiger partial charge is 0.223 e. The van der Waals surface area contributed by atoms with E-state index < -0.39 is 0 Å². The monoisotopic (exact) mass is 390 g/mol. The van der Waals surface area contributed by atoms with Gasteiger partial charge >= 0.3 is 0 Å². The molecule has 1 unspecified atom stereocenters. The van der Waals surface area contributed by atoms with Gasteiger partial charge in [0.15, 0.2) is 5.75 Å². The molecule has 0 N–H and O–H groups in total. The highest BCUT2D eigenvalue weighted by atomic mass is 16.5. The van der Waals surface area contributed by atoms with E-state index in [0.29, 0.717) is 12.4 Å². The summed E-state index contributed by atoms with van der Waals surface area (Å²) in [6.45, 7) is 4.30. The molecular formula is C24H26N2O3. The van der Waals surface area contributed by atoms with Crippen molar-refractivity contribution in [2.75, 3.05) is 20.1 Å². The third-order valence-corrected chi connectivity index (χ3v) is 5.28. The molecule has 3 aromatic rings. The molecule has 1 saturated heterocycles. The number of likely N-dealkylation sites (tertiary alicyclic amines) is 1. The summed E-state index contributed by atoms with van der Waals surface area (Å²) in [6.07, 6.45) is 3.09. The molecule has 0 radical (unpaired) electrons. The Bertz CT molecular complexity index is 1010. The van der Waals surface area contributed by atoms with Gasteiger partial charge < -0.3 is 18.9 Å². The van der Waals surface area contributed by atoms with Gasteiger partial charge in [-0.25, -0.2) is 0 Å². The SMILES string of the molecule is Cc1c(OCc2ccccc2)c(=O)ccn1-c1ccc(OC2CCN(C)C2)cc1. The number of hydrogen-bond acceptors (Lipinski definition) is 4. The van der Waals surface area contributed by atoms with E-state index in [-0.39, 0.29) is 11.5 Å². The lowest BCUT2D eigenvalue weighted by Crippen LogP contribution is -2.21. The zero-order valence-electron chi connectivity index (χ0n) is 16.9. The van der Waals surface area contributed by atoms with E-state index in [2.05, 4.69) is 11.9 Å². The molecule has 1 aromatic heterocycles. The molecule has 0 spiro atoms. The van der Waals surface area contributed by atoms with Crippen molar-refractivity contribution < 1.29 is 9.47 Å². The summed E-state index contributed by atoms with van der Waals surface area (Å²) in [5.41, 5.74) is 2.66. The second kappa shape index (κ2) is 8.53. The lowest BCUT2D eigenvalue weighted by atomic mass is 10.2. The molecule has 2 aromatic carbocycles. The van der Waals surface area contributed by atoms with Crippen molar-refractivity contribution in [3.8, 4) is 17.2 Å². The molecule has 0 aliphatic carbocycles. The summed E-state index contributed by atoms with van der Waals surface area (Å²) in [6, 6.07) is 19.4. The lowest BCUT2D eigenvalue weighted by Gasteiger charge is -2.17. The number of pyridine rings is 1. The van der Waals surface area contributed by atoms with Gasteiger partial charge in [-0.15, -0.1) is 0 Å². The second-order valence-corrected chi connectivity index (χ2v) is 7.52. The Balaban J connectivity index is 1.51. The van der Waals surface area contributed by atoms with E-state index >= 15 is 0 Å². The van der Waals surface area contributed by atoms with Crippen LogP contribution in [0.2, 0.25) is 0 Å². The van der Waals surface area contributed by atoms with Crippen LogP contribution < -0.4 is 14.9 Å². The van der Waals surface area contributed by atoms with Gasteiger partial charge in [-0.3, -0.25) is 4.79 Å². The summed E-state index contributed by atoms with van der Waals surface area (Å²) in [4.78, 5) is 14.6. The summed E-state index contributed by atoms with van der Waals surface area (Å²) in [7, 11) is 2.11. The van der Waals surface area contributed by atoms with Crippen LogP contribution in [0.4, 0.5) is 0 Å². The van der Waals surface area contributed by atoms with Gasteiger partial charge in [-0.05, 0) is 50.2 Å². The predicted molar refractivity (Wildman–Crippen MR) is 114 cm³/mol. The minimum Gasteiger partial charge on any atom is -0.489 e. The topological polar surface area (TPSA) is 43.7 Å². The zero-order chi connectivity index (χ0) is 20.2. The molecular weight excluding hydrogens is 364 g/mol. The normalized spacial score (nSPS) is 16.7. The first-order chi connectivity index (χ1) is 14.1. The highest BCUT2D eigenvalue weighted by molar-refractivity contribution is 5.42. The Morgan fingerprint density at radius 2 is 1.79 bits per heavy atom. The van der Waals surface area contributed by atoms with E-state index in [9.17, 15) is 4.79 Å². The first-order valence-electron chi connectivity index (χ1n) is 9.95. The fourth-order valence-electron chi connectivity index (χ4n) is 3.67. The maximum atomic E-state index is 12.4. The minimum atomic E-state index is -0.111. The summed E-state index contributed by atoms with van der Waals surface area (Å²) in [5, 5.41) is 0. The van der Waals surface area contributed by atoms with E-state index in [1.54, 1.807) is 12.3 Å². The lowest BCUT2D eigenvalue weighted by molar-refractivity contribution is 0.208. The van der Waals surface area contributed by atoms with E-state index in [1.165, 1.54) is 0 Å². The zero-order valence-corrected chi connectivity index (χ0v) is 16.9. The van der Waals surface area contributed by atoms with Gasteiger partial charge in [0, 0.05) is 31.0 Å². The number of likely N-dealkylation sites (N-methyl/N-ethyl adjacent to an activating group) is 1. The fraction of sp³-hybridized carbons (Fsp3) is 0.292. The van der Waals surface area contributed by atoms with Crippen LogP contribution in [-0.2, 0) is 6.61 Å². The molecule has 0 saturated carbocycles. The van der Waals surface area contributed by atoms with Crippen LogP contribution in [0.5, 0.6) is 11.5 Å². The van der Waals surface area contributed by atoms with Gasteiger partial charge in [0.25, 0.3) is 0 Å². The van der Waals surface area contributed by atoms with Crippen LogP contribution in [0, 0.1) is 6.92 Å². The number of ether oxygens (including phenoxy) is 2. The van der Waals surface area contributed by atoms with E-state index in [1.807, 2.05) is 66.1 Å². The van der Waals surface area contributed by atoms with Crippen molar-refractivity contribution in [1.82, 2.24) is 9.47 Å². The Labute approximate surface area is 171 Å².